The van der Waals surface area contributed by atoms with Crippen LogP contribution in [0.1, 0.15) is 10.4 Å². The minimum absolute atomic E-state index is 0.0122. The SMILES string of the molecule is O=C(NC1CNC1)c1ccc([N+](=O)[O-])cc1. The first-order valence-electron chi connectivity index (χ1n) is 4.93. The van der Waals surface area contributed by atoms with E-state index in [4.69, 9.17) is 0 Å². The Morgan fingerprint density at radius 1 is 1.38 bits per heavy atom. The van der Waals surface area contributed by atoms with Crippen molar-refractivity contribution >= 4 is 11.6 Å². The minimum atomic E-state index is -0.489. The third kappa shape index (κ3) is 2.17. The predicted molar refractivity (Wildman–Crippen MR) is 57.2 cm³/mol. The number of nitrogens with zero attached hydrogens (tertiary/aromatic N) is 1. The third-order valence-electron chi connectivity index (χ3n) is 2.46. The molecule has 1 heterocycles. The summed E-state index contributed by atoms with van der Waals surface area (Å²) in [7, 11) is 0. The van der Waals surface area contributed by atoms with E-state index in [0.29, 0.717) is 5.56 Å². The van der Waals surface area contributed by atoms with Crippen LogP contribution in [0.5, 0.6) is 0 Å². The van der Waals surface area contributed by atoms with Gasteiger partial charge in [0.2, 0.25) is 0 Å². The summed E-state index contributed by atoms with van der Waals surface area (Å²) in [6, 6.07) is 5.74. The van der Waals surface area contributed by atoms with Crippen molar-refractivity contribution in [3.8, 4) is 0 Å². The maximum Gasteiger partial charge on any atom is 0.269 e. The van der Waals surface area contributed by atoms with Gasteiger partial charge in [0.1, 0.15) is 0 Å². The molecule has 0 spiro atoms. The average Bonchev–Trinajstić information content (AvgIpc) is 2.23. The number of amides is 1. The highest BCUT2D eigenvalue weighted by Crippen LogP contribution is 2.11. The molecule has 1 fully saturated rings. The summed E-state index contributed by atoms with van der Waals surface area (Å²) in [6.45, 7) is 1.55. The van der Waals surface area contributed by atoms with Crippen molar-refractivity contribution < 1.29 is 9.72 Å². The first-order chi connectivity index (χ1) is 7.66. The molecule has 0 bridgehead atoms. The number of rotatable bonds is 3. The van der Waals surface area contributed by atoms with Crippen LogP contribution in [0.3, 0.4) is 0 Å². The molecule has 0 saturated carbocycles. The number of non-ortho nitro benzene ring substituents is 1. The molecule has 0 atom stereocenters. The Labute approximate surface area is 91.8 Å². The maximum atomic E-state index is 11.6. The van der Waals surface area contributed by atoms with Crippen molar-refractivity contribution in [2.45, 2.75) is 6.04 Å². The fourth-order valence-electron chi connectivity index (χ4n) is 1.39. The van der Waals surface area contributed by atoms with Gasteiger partial charge in [-0.2, -0.15) is 0 Å². The van der Waals surface area contributed by atoms with Crippen molar-refractivity contribution in [3.63, 3.8) is 0 Å². The number of nitrogens with one attached hydrogen (secondary N) is 2. The number of nitro groups is 1. The van der Waals surface area contributed by atoms with Crippen molar-refractivity contribution in [2.75, 3.05) is 13.1 Å². The van der Waals surface area contributed by atoms with Gasteiger partial charge in [-0.1, -0.05) is 0 Å². The first kappa shape index (κ1) is 10.6. The molecule has 1 aromatic carbocycles. The molecule has 0 radical (unpaired) electrons. The first-order valence-corrected chi connectivity index (χ1v) is 4.93. The zero-order valence-corrected chi connectivity index (χ0v) is 8.47. The Kier molecular flexibility index (Phi) is 2.82. The molecule has 2 rings (SSSR count). The summed E-state index contributed by atoms with van der Waals surface area (Å²) in [5.41, 5.74) is 0.430. The number of benzene rings is 1. The predicted octanol–water partition coefficient (Wildman–Crippen LogP) is 0.296. The molecule has 84 valence electrons. The molecular formula is C10H11N3O3. The maximum absolute atomic E-state index is 11.6. The lowest BCUT2D eigenvalue weighted by Gasteiger charge is -2.27. The summed E-state index contributed by atoms with van der Waals surface area (Å²) in [5.74, 6) is -0.193. The highest BCUT2D eigenvalue weighted by Gasteiger charge is 2.19. The molecular weight excluding hydrogens is 210 g/mol. The van der Waals surface area contributed by atoms with Gasteiger partial charge in [0.15, 0.2) is 0 Å². The zero-order valence-electron chi connectivity index (χ0n) is 8.47. The van der Waals surface area contributed by atoms with Gasteiger partial charge in [-0.3, -0.25) is 14.9 Å². The number of hydrogen-bond acceptors (Lipinski definition) is 4. The molecule has 1 amide bonds. The van der Waals surface area contributed by atoms with Crippen LogP contribution in [-0.4, -0.2) is 30.0 Å². The second-order valence-corrected chi connectivity index (χ2v) is 3.63. The number of carbonyl (C=O) groups excluding carboxylic acids is 1. The van der Waals surface area contributed by atoms with E-state index in [9.17, 15) is 14.9 Å². The summed E-state index contributed by atoms with van der Waals surface area (Å²) in [4.78, 5) is 21.5. The smallest absolute Gasteiger partial charge is 0.269 e. The lowest BCUT2D eigenvalue weighted by Crippen LogP contribution is -2.56. The third-order valence-corrected chi connectivity index (χ3v) is 2.46. The van der Waals surface area contributed by atoms with E-state index in [2.05, 4.69) is 10.6 Å². The van der Waals surface area contributed by atoms with Crippen LogP contribution in [0.4, 0.5) is 5.69 Å². The molecule has 6 nitrogen and oxygen atoms in total. The highest BCUT2D eigenvalue weighted by atomic mass is 16.6. The number of nitro benzene ring substituents is 1. The second kappa shape index (κ2) is 4.28. The summed E-state index contributed by atoms with van der Waals surface area (Å²) in [6.07, 6.45) is 0. The van der Waals surface area contributed by atoms with Gasteiger partial charge in [-0.25, -0.2) is 0 Å². The molecule has 16 heavy (non-hydrogen) atoms. The van der Waals surface area contributed by atoms with E-state index >= 15 is 0 Å². The second-order valence-electron chi connectivity index (χ2n) is 3.63. The average molecular weight is 221 g/mol. The van der Waals surface area contributed by atoms with Gasteiger partial charge in [0.05, 0.1) is 11.0 Å². The van der Waals surface area contributed by atoms with Crippen molar-refractivity contribution in [1.82, 2.24) is 10.6 Å². The van der Waals surface area contributed by atoms with E-state index in [1.807, 2.05) is 0 Å². The van der Waals surface area contributed by atoms with Crippen LogP contribution in [0.25, 0.3) is 0 Å². The van der Waals surface area contributed by atoms with Crippen molar-refractivity contribution in [3.05, 3.63) is 39.9 Å². The Hall–Kier alpha value is -1.95. The topological polar surface area (TPSA) is 84.3 Å². The van der Waals surface area contributed by atoms with Gasteiger partial charge >= 0.3 is 0 Å². The molecule has 1 aliphatic rings. The lowest BCUT2D eigenvalue weighted by molar-refractivity contribution is -0.384. The zero-order chi connectivity index (χ0) is 11.5. The Bertz CT molecular complexity index is 412. The van der Waals surface area contributed by atoms with Crippen molar-refractivity contribution in [1.29, 1.82) is 0 Å². The van der Waals surface area contributed by atoms with Crippen LogP contribution < -0.4 is 10.6 Å². The van der Waals surface area contributed by atoms with Crippen LogP contribution >= 0.6 is 0 Å². The fourth-order valence-corrected chi connectivity index (χ4v) is 1.39. The van der Waals surface area contributed by atoms with Crippen LogP contribution in [0, 0.1) is 10.1 Å². The van der Waals surface area contributed by atoms with Gasteiger partial charge in [-0.15, -0.1) is 0 Å². The van der Waals surface area contributed by atoms with Crippen molar-refractivity contribution in [2.24, 2.45) is 0 Å². The quantitative estimate of drug-likeness (QED) is 0.567. The van der Waals surface area contributed by atoms with Crippen LogP contribution in [-0.2, 0) is 0 Å². The minimum Gasteiger partial charge on any atom is -0.347 e. The van der Waals surface area contributed by atoms with Gasteiger partial charge < -0.3 is 10.6 Å². The number of hydrogen-bond donors (Lipinski definition) is 2. The summed E-state index contributed by atoms with van der Waals surface area (Å²) < 4.78 is 0. The standard InChI is InChI=1S/C10H11N3O3/c14-10(12-8-5-11-6-8)7-1-3-9(4-2-7)13(15)16/h1-4,8,11H,5-6H2,(H,12,14). The largest absolute Gasteiger partial charge is 0.347 e. The van der Waals surface area contributed by atoms with E-state index in [0.717, 1.165) is 13.1 Å². The monoisotopic (exact) mass is 221 g/mol. The Morgan fingerprint density at radius 2 is 2.00 bits per heavy atom. The molecule has 1 aliphatic heterocycles. The van der Waals surface area contributed by atoms with E-state index < -0.39 is 4.92 Å². The van der Waals surface area contributed by atoms with Gasteiger partial charge in [0.25, 0.3) is 11.6 Å². The molecule has 1 saturated heterocycles. The molecule has 1 aromatic rings. The summed E-state index contributed by atoms with van der Waals surface area (Å²) in [5, 5.41) is 16.3. The highest BCUT2D eigenvalue weighted by molar-refractivity contribution is 5.94. The molecule has 2 N–H and O–H groups in total. The molecule has 0 aromatic heterocycles. The Morgan fingerprint density at radius 3 is 2.44 bits per heavy atom. The van der Waals surface area contributed by atoms with Gasteiger partial charge in [-0.05, 0) is 12.1 Å². The van der Waals surface area contributed by atoms with E-state index in [1.54, 1.807) is 0 Å². The Balaban J connectivity index is 2.02. The molecule has 6 heteroatoms. The van der Waals surface area contributed by atoms with Crippen LogP contribution in [0.2, 0.25) is 0 Å². The van der Waals surface area contributed by atoms with Gasteiger partial charge in [0, 0.05) is 30.8 Å². The van der Waals surface area contributed by atoms with Crippen LogP contribution in [0.15, 0.2) is 24.3 Å². The van der Waals surface area contributed by atoms with E-state index in [1.165, 1.54) is 24.3 Å². The molecule has 0 aliphatic carbocycles. The lowest BCUT2D eigenvalue weighted by atomic mass is 10.1. The number of carbonyl (C=O) groups is 1. The van der Waals surface area contributed by atoms with E-state index in [-0.39, 0.29) is 17.6 Å². The normalized spacial score (nSPS) is 15.2. The fraction of sp³-hybridized carbons (Fsp3) is 0.300. The molecule has 0 unspecified atom stereocenters. The summed E-state index contributed by atoms with van der Waals surface area (Å²) >= 11 is 0.